The van der Waals surface area contributed by atoms with Gasteiger partial charge in [-0.15, -0.1) is 0 Å². The number of aromatic nitrogens is 2. The Hall–Kier alpha value is -3.13. The second kappa shape index (κ2) is 7.45. The Balaban J connectivity index is 1.91. The summed E-state index contributed by atoms with van der Waals surface area (Å²) in [6, 6.07) is 21.1. The van der Waals surface area contributed by atoms with Crippen LogP contribution in [0.2, 0.25) is 0 Å². The van der Waals surface area contributed by atoms with Gasteiger partial charge < -0.3 is 4.57 Å². The molecule has 0 radical (unpaired) electrons. The molecule has 0 N–H and O–H groups in total. The highest BCUT2D eigenvalue weighted by molar-refractivity contribution is 6.10. The molecule has 0 fully saturated rings. The van der Waals surface area contributed by atoms with Gasteiger partial charge in [-0.25, -0.2) is 0 Å². The van der Waals surface area contributed by atoms with Crippen LogP contribution in [-0.4, -0.2) is 4.57 Å². The van der Waals surface area contributed by atoms with Crippen molar-refractivity contribution in [2.45, 2.75) is 59.9 Å². The molecule has 0 unspecified atom stereocenters. The monoisotopic (exact) mass is 436 g/mol. The summed E-state index contributed by atoms with van der Waals surface area (Å²) in [5.74, 6) is 0. The smallest absolute Gasteiger partial charge is 0.220 e. The molecule has 0 spiro atoms. The van der Waals surface area contributed by atoms with Gasteiger partial charge in [0.2, 0.25) is 5.69 Å². The number of para-hydroxylation sites is 1. The average molecular weight is 437 g/mol. The molecular weight excluding hydrogens is 400 g/mol. The van der Waals surface area contributed by atoms with Crippen LogP contribution in [0.4, 0.5) is 0 Å². The molecule has 0 aliphatic heterocycles. The fourth-order valence-electron chi connectivity index (χ4n) is 5.24. The minimum Gasteiger partial charge on any atom is -0.338 e. The van der Waals surface area contributed by atoms with Gasteiger partial charge in [-0.2, -0.15) is 4.57 Å². The molecule has 2 nitrogen and oxygen atoms in total. The van der Waals surface area contributed by atoms with Crippen LogP contribution in [0.1, 0.15) is 58.9 Å². The quantitative estimate of drug-likeness (QED) is 0.248. The highest BCUT2D eigenvalue weighted by Crippen LogP contribution is 2.38. The molecule has 33 heavy (non-hydrogen) atoms. The number of nitrogens with zero attached hydrogens (tertiary/aromatic N) is 2. The largest absolute Gasteiger partial charge is 0.338 e. The first-order chi connectivity index (χ1) is 16.0. The SMILES string of the molecule is [2H]c1c(C)[n+](C)c(-c2cc3c(cc2C)c2ccccc2n3C(C)C)c2ccc(C(C)(C)C)cc12. The van der Waals surface area contributed by atoms with Crippen molar-refractivity contribution >= 4 is 32.6 Å². The van der Waals surface area contributed by atoms with Crippen LogP contribution in [0, 0.1) is 13.8 Å². The van der Waals surface area contributed by atoms with Gasteiger partial charge in [0.25, 0.3) is 0 Å². The minimum atomic E-state index is 0.0414. The third kappa shape index (κ3) is 3.35. The Morgan fingerprint density at radius 2 is 1.61 bits per heavy atom. The molecule has 0 aliphatic rings. The minimum absolute atomic E-state index is 0.0414. The van der Waals surface area contributed by atoms with Crippen molar-refractivity contribution in [1.29, 1.82) is 0 Å². The van der Waals surface area contributed by atoms with Crippen molar-refractivity contribution < 1.29 is 5.94 Å². The van der Waals surface area contributed by atoms with E-state index in [4.69, 9.17) is 1.37 Å². The number of aryl methyl sites for hydroxylation is 1. The molecule has 2 aromatic heterocycles. The van der Waals surface area contributed by atoms with Gasteiger partial charge in [-0.1, -0.05) is 51.1 Å². The maximum absolute atomic E-state index is 8.91. The molecule has 2 heterocycles. The Morgan fingerprint density at radius 3 is 2.30 bits per heavy atom. The topological polar surface area (TPSA) is 8.81 Å². The molecule has 0 saturated heterocycles. The van der Waals surface area contributed by atoms with Crippen LogP contribution in [0.3, 0.4) is 0 Å². The second-order valence-corrected chi connectivity index (χ2v) is 10.8. The standard InChI is InChI=1S/C31H35N2/c1-19(2)33-28-12-10-9-11-25(28)27-15-20(3)26(18-29(27)33)30-24-14-13-23(31(5,6)7)17-22(24)16-21(4)32(30)8/h9-19H,1-8H3/q+1/i16D. The molecule has 0 saturated carbocycles. The van der Waals surface area contributed by atoms with Crippen LogP contribution in [0.15, 0.2) is 60.6 Å². The van der Waals surface area contributed by atoms with E-state index in [9.17, 15) is 0 Å². The summed E-state index contributed by atoms with van der Waals surface area (Å²) in [7, 11) is 2.10. The number of hydrogen-bond acceptors (Lipinski definition) is 0. The van der Waals surface area contributed by atoms with Crippen molar-refractivity contribution in [2.75, 3.05) is 0 Å². The number of fused-ring (bicyclic) bond motifs is 4. The van der Waals surface area contributed by atoms with Crippen molar-refractivity contribution in [3.8, 4) is 11.3 Å². The third-order valence-corrected chi connectivity index (χ3v) is 7.12. The maximum Gasteiger partial charge on any atom is 0.220 e. The number of hydrogen-bond donors (Lipinski definition) is 0. The number of rotatable bonds is 2. The summed E-state index contributed by atoms with van der Waals surface area (Å²) in [5.41, 5.74) is 8.51. The Bertz CT molecular complexity index is 1600. The first kappa shape index (κ1) is 20.5. The molecule has 0 atom stereocenters. The van der Waals surface area contributed by atoms with Gasteiger partial charge in [0, 0.05) is 35.3 Å². The van der Waals surface area contributed by atoms with Gasteiger partial charge in [0.15, 0.2) is 5.69 Å². The van der Waals surface area contributed by atoms with Crippen LogP contribution in [0.25, 0.3) is 43.8 Å². The summed E-state index contributed by atoms with van der Waals surface area (Å²) >= 11 is 0. The highest BCUT2D eigenvalue weighted by Gasteiger charge is 2.24. The molecule has 5 aromatic rings. The fraction of sp³-hybridized carbons (Fsp3) is 0.323. The maximum atomic E-state index is 8.91. The van der Waals surface area contributed by atoms with Crippen LogP contribution in [-0.2, 0) is 12.5 Å². The van der Waals surface area contributed by atoms with E-state index in [1.54, 1.807) is 0 Å². The van der Waals surface area contributed by atoms with E-state index in [2.05, 4.69) is 119 Å². The second-order valence-electron chi connectivity index (χ2n) is 10.8. The van der Waals surface area contributed by atoms with Crippen molar-refractivity contribution in [1.82, 2.24) is 4.57 Å². The first-order valence-corrected chi connectivity index (χ1v) is 12.0. The van der Waals surface area contributed by atoms with Gasteiger partial charge >= 0.3 is 0 Å². The van der Waals surface area contributed by atoms with E-state index in [0.29, 0.717) is 12.1 Å². The Labute approximate surface area is 198 Å². The van der Waals surface area contributed by atoms with Crippen molar-refractivity contribution in [2.24, 2.45) is 7.05 Å². The van der Waals surface area contributed by atoms with Crippen LogP contribution >= 0.6 is 0 Å². The van der Waals surface area contributed by atoms with E-state index < -0.39 is 0 Å². The lowest BCUT2D eigenvalue weighted by atomic mass is 9.85. The Kier molecular flexibility index (Phi) is 4.62. The van der Waals surface area contributed by atoms with Crippen LogP contribution < -0.4 is 4.57 Å². The first-order valence-electron chi connectivity index (χ1n) is 12.5. The van der Waals surface area contributed by atoms with E-state index in [1.807, 2.05) is 0 Å². The summed E-state index contributed by atoms with van der Waals surface area (Å²) in [6.45, 7) is 15.5. The molecule has 3 aromatic carbocycles. The van der Waals surface area contributed by atoms with E-state index in [1.165, 1.54) is 44.2 Å². The summed E-state index contributed by atoms with van der Waals surface area (Å²) in [6.07, 6.45) is 0. The van der Waals surface area contributed by atoms with Crippen molar-refractivity contribution in [3.63, 3.8) is 0 Å². The Morgan fingerprint density at radius 1 is 0.879 bits per heavy atom. The predicted molar refractivity (Wildman–Crippen MR) is 142 cm³/mol. The molecule has 0 amide bonds. The zero-order valence-electron chi connectivity index (χ0n) is 22.2. The molecule has 0 bridgehead atoms. The fourth-order valence-corrected chi connectivity index (χ4v) is 5.24. The molecule has 168 valence electrons. The third-order valence-electron chi connectivity index (χ3n) is 7.12. The summed E-state index contributed by atoms with van der Waals surface area (Å²) in [5, 5.41) is 4.78. The lowest BCUT2D eigenvalue weighted by Crippen LogP contribution is -2.35. The molecule has 2 heteroatoms. The molecule has 5 rings (SSSR count). The average Bonchev–Trinajstić information content (AvgIpc) is 3.10. The number of pyridine rings is 1. The zero-order valence-corrected chi connectivity index (χ0v) is 21.2. The highest BCUT2D eigenvalue weighted by atomic mass is 15.0. The van der Waals surface area contributed by atoms with Crippen LogP contribution in [0.5, 0.6) is 0 Å². The zero-order chi connectivity index (χ0) is 24.5. The summed E-state index contributed by atoms with van der Waals surface area (Å²) in [4.78, 5) is 0. The van der Waals surface area contributed by atoms with E-state index in [-0.39, 0.29) is 5.41 Å². The lowest BCUT2D eigenvalue weighted by molar-refractivity contribution is -0.665. The normalized spacial score (nSPS) is 12.9. The van der Waals surface area contributed by atoms with Gasteiger partial charge in [-0.05, 0) is 67.0 Å². The van der Waals surface area contributed by atoms with Gasteiger partial charge in [-0.3, -0.25) is 0 Å². The molecule has 0 aliphatic carbocycles. The predicted octanol–water partition coefficient (Wildman–Crippen LogP) is 7.93. The van der Waals surface area contributed by atoms with Gasteiger partial charge in [0.1, 0.15) is 7.05 Å². The lowest BCUT2D eigenvalue weighted by Gasteiger charge is -2.20. The summed E-state index contributed by atoms with van der Waals surface area (Å²) < 4.78 is 13.6. The van der Waals surface area contributed by atoms with Crippen molar-refractivity contribution in [3.05, 3.63) is 77.5 Å². The van der Waals surface area contributed by atoms with E-state index >= 15 is 0 Å². The number of benzene rings is 3. The van der Waals surface area contributed by atoms with E-state index in [0.717, 1.165) is 16.5 Å². The van der Waals surface area contributed by atoms with Gasteiger partial charge in [0.05, 0.1) is 17.8 Å². The molecular formula is C31H35N2+.